The van der Waals surface area contributed by atoms with Crippen LogP contribution < -0.4 is 0 Å². The molecule has 0 aliphatic heterocycles. The molecular formula is C7H7ClN2O. The number of aryl methyl sites for hydroxylation is 1. The third-order valence-electron chi connectivity index (χ3n) is 1.22. The molecule has 0 aliphatic rings. The molecule has 0 aromatic carbocycles. The molecule has 0 unspecified atom stereocenters. The summed E-state index contributed by atoms with van der Waals surface area (Å²) in [6, 6.07) is 0. The first kappa shape index (κ1) is 8.14. The van der Waals surface area contributed by atoms with E-state index in [0.717, 1.165) is 11.8 Å². The molecule has 3 nitrogen and oxygen atoms in total. The minimum atomic E-state index is 0.236. The fourth-order valence-electron chi connectivity index (χ4n) is 0.694. The molecule has 0 bridgehead atoms. The van der Waals surface area contributed by atoms with Crippen LogP contribution in [0.25, 0.3) is 0 Å². The lowest BCUT2D eigenvalue weighted by Crippen LogP contribution is -1.89. The van der Waals surface area contributed by atoms with Gasteiger partial charge < -0.3 is 4.79 Å². The molecule has 0 amide bonds. The second kappa shape index (κ2) is 4.03. The van der Waals surface area contributed by atoms with Crippen LogP contribution >= 0.6 is 11.6 Å². The Bertz CT molecular complexity index is 235. The van der Waals surface area contributed by atoms with Gasteiger partial charge in [-0.25, -0.2) is 9.97 Å². The summed E-state index contributed by atoms with van der Waals surface area (Å²) in [6.07, 6.45) is 5.30. The Morgan fingerprint density at radius 3 is 2.64 bits per heavy atom. The van der Waals surface area contributed by atoms with Gasteiger partial charge in [-0.2, -0.15) is 0 Å². The van der Waals surface area contributed by atoms with Crippen molar-refractivity contribution in [1.29, 1.82) is 0 Å². The van der Waals surface area contributed by atoms with Crippen LogP contribution in [0.3, 0.4) is 0 Å². The molecule has 1 aromatic heterocycles. The fourth-order valence-corrected chi connectivity index (χ4v) is 0.791. The third kappa shape index (κ3) is 2.63. The van der Waals surface area contributed by atoms with Crippen LogP contribution in [0.4, 0.5) is 0 Å². The van der Waals surface area contributed by atoms with Crippen LogP contribution in [-0.2, 0) is 11.2 Å². The first-order valence-corrected chi connectivity index (χ1v) is 3.61. The molecule has 0 N–H and O–H groups in total. The van der Waals surface area contributed by atoms with Crippen LogP contribution in [0.5, 0.6) is 0 Å². The zero-order chi connectivity index (χ0) is 8.10. The number of aromatic nitrogens is 2. The molecule has 1 aromatic rings. The average Bonchev–Trinajstić information content (AvgIpc) is 2.04. The van der Waals surface area contributed by atoms with Gasteiger partial charge in [0.15, 0.2) is 0 Å². The van der Waals surface area contributed by atoms with Crippen molar-refractivity contribution in [3.63, 3.8) is 0 Å². The van der Waals surface area contributed by atoms with Crippen LogP contribution in [0, 0.1) is 0 Å². The van der Waals surface area contributed by atoms with Gasteiger partial charge in [-0.05, 0) is 23.6 Å². The molecule has 11 heavy (non-hydrogen) atoms. The van der Waals surface area contributed by atoms with Gasteiger partial charge >= 0.3 is 0 Å². The van der Waals surface area contributed by atoms with Gasteiger partial charge in [-0.1, -0.05) is 0 Å². The van der Waals surface area contributed by atoms with Gasteiger partial charge in [-0.15, -0.1) is 0 Å². The van der Waals surface area contributed by atoms with Crippen molar-refractivity contribution in [3.05, 3.63) is 23.2 Å². The highest BCUT2D eigenvalue weighted by atomic mass is 35.5. The Morgan fingerprint density at radius 2 is 2.09 bits per heavy atom. The maximum absolute atomic E-state index is 9.98. The molecule has 0 spiro atoms. The fraction of sp³-hybridized carbons (Fsp3) is 0.286. The quantitative estimate of drug-likeness (QED) is 0.507. The largest absolute Gasteiger partial charge is 0.303 e. The summed E-state index contributed by atoms with van der Waals surface area (Å²) >= 11 is 5.45. The first-order valence-electron chi connectivity index (χ1n) is 3.23. The van der Waals surface area contributed by atoms with E-state index in [1.54, 1.807) is 12.4 Å². The number of halogens is 1. The van der Waals surface area contributed by atoms with Gasteiger partial charge in [0.05, 0.1) is 0 Å². The SMILES string of the molecule is O=CCCc1cnc(Cl)nc1. The highest BCUT2D eigenvalue weighted by molar-refractivity contribution is 6.28. The molecule has 58 valence electrons. The number of rotatable bonds is 3. The number of nitrogens with zero attached hydrogens (tertiary/aromatic N) is 2. The Labute approximate surface area is 69.4 Å². The van der Waals surface area contributed by atoms with Crippen molar-refractivity contribution in [2.75, 3.05) is 0 Å². The summed E-state index contributed by atoms with van der Waals surface area (Å²) in [6.45, 7) is 0. The first-order chi connectivity index (χ1) is 5.33. The van der Waals surface area contributed by atoms with Crippen molar-refractivity contribution < 1.29 is 4.79 Å². The average molecular weight is 171 g/mol. The van der Waals surface area contributed by atoms with Gasteiger partial charge in [0.2, 0.25) is 5.28 Å². The molecule has 1 rings (SSSR count). The Hall–Kier alpha value is -0.960. The Balaban J connectivity index is 2.58. The predicted octanol–water partition coefficient (Wildman–Crippen LogP) is 1.26. The minimum Gasteiger partial charge on any atom is -0.303 e. The summed E-state index contributed by atoms with van der Waals surface area (Å²) in [5.74, 6) is 0. The Morgan fingerprint density at radius 1 is 1.45 bits per heavy atom. The summed E-state index contributed by atoms with van der Waals surface area (Å²) in [4.78, 5) is 17.5. The van der Waals surface area contributed by atoms with Gasteiger partial charge in [0, 0.05) is 18.8 Å². The zero-order valence-electron chi connectivity index (χ0n) is 5.83. The lowest BCUT2D eigenvalue weighted by molar-refractivity contribution is -0.107. The van der Waals surface area contributed by atoms with E-state index >= 15 is 0 Å². The smallest absolute Gasteiger partial charge is 0.222 e. The minimum absolute atomic E-state index is 0.236. The summed E-state index contributed by atoms with van der Waals surface area (Å²) < 4.78 is 0. The van der Waals surface area contributed by atoms with E-state index in [4.69, 9.17) is 11.6 Å². The maximum atomic E-state index is 9.98. The maximum Gasteiger partial charge on any atom is 0.222 e. The molecule has 0 saturated heterocycles. The monoisotopic (exact) mass is 170 g/mol. The number of carbonyl (C=O) groups excluding carboxylic acids is 1. The van der Waals surface area contributed by atoms with Gasteiger partial charge in [-0.3, -0.25) is 0 Å². The zero-order valence-corrected chi connectivity index (χ0v) is 6.58. The van der Waals surface area contributed by atoms with E-state index in [0.29, 0.717) is 12.8 Å². The van der Waals surface area contributed by atoms with Crippen LogP contribution in [0.15, 0.2) is 12.4 Å². The highest BCUT2D eigenvalue weighted by Gasteiger charge is 1.93. The van der Waals surface area contributed by atoms with E-state index < -0.39 is 0 Å². The lowest BCUT2D eigenvalue weighted by Gasteiger charge is -1.94. The van der Waals surface area contributed by atoms with E-state index in [1.165, 1.54) is 0 Å². The standard InChI is InChI=1S/C7H7ClN2O/c8-7-9-4-6(5-10-7)2-1-3-11/h3-5H,1-2H2. The second-order valence-electron chi connectivity index (χ2n) is 2.07. The summed E-state index contributed by atoms with van der Waals surface area (Å²) in [5, 5.41) is 0.236. The molecule has 0 atom stereocenters. The molecule has 0 saturated carbocycles. The summed E-state index contributed by atoms with van der Waals surface area (Å²) in [7, 11) is 0. The number of hydrogen-bond donors (Lipinski definition) is 0. The molecule has 0 fully saturated rings. The molecule has 0 aliphatic carbocycles. The van der Waals surface area contributed by atoms with Crippen molar-refractivity contribution in [2.24, 2.45) is 0 Å². The van der Waals surface area contributed by atoms with Crippen molar-refractivity contribution in [2.45, 2.75) is 12.8 Å². The number of hydrogen-bond acceptors (Lipinski definition) is 3. The predicted molar refractivity (Wildman–Crippen MR) is 41.4 cm³/mol. The number of carbonyl (C=O) groups is 1. The van der Waals surface area contributed by atoms with Crippen molar-refractivity contribution in [3.8, 4) is 0 Å². The van der Waals surface area contributed by atoms with Gasteiger partial charge in [0.25, 0.3) is 0 Å². The second-order valence-corrected chi connectivity index (χ2v) is 2.40. The van der Waals surface area contributed by atoms with E-state index in [1.807, 2.05) is 0 Å². The van der Waals surface area contributed by atoms with E-state index in [2.05, 4.69) is 9.97 Å². The third-order valence-corrected chi connectivity index (χ3v) is 1.42. The molecule has 1 heterocycles. The van der Waals surface area contributed by atoms with Crippen LogP contribution in [-0.4, -0.2) is 16.3 Å². The van der Waals surface area contributed by atoms with Crippen LogP contribution in [0.1, 0.15) is 12.0 Å². The van der Waals surface area contributed by atoms with Gasteiger partial charge in [0.1, 0.15) is 6.29 Å². The van der Waals surface area contributed by atoms with Crippen molar-refractivity contribution >= 4 is 17.9 Å². The van der Waals surface area contributed by atoms with Crippen molar-refractivity contribution in [1.82, 2.24) is 9.97 Å². The molecular weight excluding hydrogens is 164 g/mol. The normalized spacial score (nSPS) is 9.55. The summed E-state index contributed by atoms with van der Waals surface area (Å²) in [5.41, 5.74) is 0.932. The lowest BCUT2D eigenvalue weighted by atomic mass is 10.2. The topological polar surface area (TPSA) is 42.9 Å². The van der Waals surface area contributed by atoms with E-state index in [-0.39, 0.29) is 5.28 Å². The highest BCUT2D eigenvalue weighted by Crippen LogP contribution is 2.01. The van der Waals surface area contributed by atoms with Crippen LogP contribution in [0.2, 0.25) is 5.28 Å². The molecule has 0 radical (unpaired) electrons. The molecule has 4 heteroatoms. The Kier molecular flexibility index (Phi) is 2.98. The number of aldehydes is 1. The van der Waals surface area contributed by atoms with E-state index in [9.17, 15) is 4.79 Å².